The molecule has 0 aliphatic heterocycles. The summed E-state index contributed by atoms with van der Waals surface area (Å²) in [6.45, 7) is 25.8. The summed E-state index contributed by atoms with van der Waals surface area (Å²) >= 11 is -3.64. The topological polar surface area (TPSA) is 0 Å². The van der Waals surface area contributed by atoms with Gasteiger partial charge >= 0.3 is 243 Å². The zero-order chi connectivity index (χ0) is 28.7. The molecule has 0 amide bonds. The summed E-state index contributed by atoms with van der Waals surface area (Å²) in [5.41, 5.74) is 14.8. The van der Waals surface area contributed by atoms with Crippen LogP contribution >= 0.6 is 24.8 Å². The van der Waals surface area contributed by atoms with E-state index in [0.29, 0.717) is 5.92 Å². The van der Waals surface area contributed by atoms with Crippen molar-refractivity contribution in [3.05, 3.63) is 102 Å². The van der Waals surface area contributed by atoms with Crippen LogP contribution in [0, 0.1) is 12.8 Å². The molecular weight excluding hydrogens is 619 g/mol. The van der Waals surface area contributed by atoms with E-state index in [-0.39, 0.29) is 35.6 Å². The van der Waals surface area contributed by atoms with Crippen molar-refractivity contribution in [2.75, 3.05) is 0 Å². The van der Waals surface area contributed by atoms with Crippen LogP contribution in [0.4, 0.5) is 0 Å². The Morgan fingerprint density at radius 3 is 1.78 bits per heavy atom. The van der Waals surface area contributed by atoms with E-state index in [4.69, 9.17) is 4.21 Å². The Kier molecular flexibility index (Phi) is 9.55. The first-order valence-corrected chi connectivity index (χ1v) is 20.1. The van der Waals surface area contributed by atoms with Gasteiger partial charge in [-0.05, 0) is 0 Å². The van der Waals surface area contributed by atoms with E-state index >= 15 is 0 Å². The van der Waals surface area contributed by atoms with E-state index in [1.165, 1.54) is 53.4 Å². The molecule has 0 radical (unpaired) electrons. The number of benzene rings is 3. The van der Waals surface area contributed by atoms with Crippen LogP contribution < -0.4 is 6.54 Å². The Balaban J connectivity index is 0.00000231. The SMILES string of the molecule is Cl.Cl.[CH2]=[Zr]([C]1=C(C)C(C)=C(C)C1C)([c]1ccc(C)cc1)[c]1cc(C(C)(C)C)cc2c1Cc1ccc(C(C)(C)C)cc1-2. The molecule has 5 rings (SSSR count). The van der Waals surface area contributed by atoms with Crippen LogP contribution in [0.15, 0.2) is 74.6 Å². The van der Waals surface area contributed by atoms with Crippen molar-refractivity contribution in [2.45, 2.75) is 93.4 Å². The van der Waals surface area contributed by atoms with Crippen molar-refractivity contribution >= 4 is 35.6 Å². The third-order valence-corrected chi connectivity index (χ3v) is 20.7. The molecule has 3 aromatic rings. The van der Waals surface area contributed by atoms with Crippen molar-refractivity contribution in [3.8, 4) is 11.1 Å². The summed E-state index contributed by atoms with van der Waals surface area (Å²) in [4.78, 5) is 0. The maximum absolute atomic E-state index is 5.44. The Hall–Kier alpha value is -1.53. The third-order valence-electron chi connectivity index (χ3n) is 9.85. The van der Waals surface area contributed by atoms with Crippen LogP contribution in [0.1, 0.15) is 97.1 Å². The minimum absolute atomic E-state index is 0. The summed E-state index contributed by atoms with van der Waals surface area (Å²) in [5, 5.41) is 0. The van der Waals surface area contributed by atoms with Gasteiger partial charge in [0.2, 0.25) is 0 Å². The number of aryl methyl sites for hydroxylation is 1. The van der Waals surface area contributed by atoms with E-state index in [9.17, 15) is 0 Å². The quantitative estimate of drug-likeness (QED) is 0.204. The standard InChI is InChI=1S/C21H25.C9H13.C7H7.CH2.2ClH.Zr/c1-20(2,3)16-9-7-14-11-15-8-10-17(21(4,5)6)13-19(15)18(14)12-16;1-6-5-7(2)9(4)8(6)3;1-7-5-3-2-4-6-7;;;;/h7,9-10,12-13H,11H2,1-6H3;6H,1-4H3;3-6H,1H3;1H2;2*1H;. The van der Waals surface area contributed by atoms with E-state index in [1.807, 2.05) is 0 Å². The van der Waals surface area contributed by atoms with Crippen molar-refractivity contribution < 1.29 is 19.8 Å². The summed E-state index contributed by atoms with van der Waals surface area (Å²) in [7, 11) is 0. The average Bonchev–Trinajstić information content (AvgIpc) is 3.32. The first kappa shape index (κ1) is 34.0. The first-order chi connectivity index (χ1) is 18.0. The van der Waals surface area contributed by atoms with Gasteiger partial charge in [0.1, 0.15) is 0 Å². The van der Waals surface area contributed by atoms with Crippen molar-refractivity contribution in [3.63, 3.8) is 0 Å². The maximum atomic E-state index is 5.44. The summed E-state index contributed by atoms with van der Waals surface area (Å²) in [5.74, 6) is 0.449. The molecule has 2 aliphatic carbocycles. The molecule has 0 spiro atoms. The third kappa shape index (κ3) is 5.61. The van der Waals surface area contributed by atoms with Gasteiger partial charge in [-0.2, -0.15) is 0 Å². The fourth-order valence-electron chi connectivity index (χ4n) is 6.90. The van der Waals surface area contributed by atoms with Gasteiger partial charge in [-0.1, -0.05) is 0 Å². The van der Waals surface area contributed by atoms with Crippen molar-refractivity contribution in [1.82, 2.24) is 0 Å². The van der Waals surface area contributed by atoms with Crippen LogP contribution in [0.25, 0.3) is 11.1 Å². The van der Waals surface area contributed by atoms with Gasteiger partial charge in [-0.3, -0.25) is 0 Å². The number of hydrogen-bond donors (Lipinski definition) is 0. The predicted octanol–water partition coefficient (Wildman–Crippen LogP) is 9.80. The molecule has 3 heteroatoms. The molecule has 41 heavy (non-hydrogen) atoms. The second kappa shape index (κ2) is 11.5. The van der Waals surface area contributed by atoms with Gasteiger partial charge in [0.15, 0.2) is 0 Å². The average molecular weight is 668 g/mol. The number of allylic oxidation sites excluding steroid dienone is 4. The van der Waals surface area contributed by atoms with Crippen LogP contribution in [0.2, 0.25) is 0 Å². The normalized spacial score (nSPS) is 18.0. The predicted molar refractivity (Wildman–Crippen MR) is 184 cm³/mol. The molecule has 2 atom stereocenters. The van der Waals surface area contributed by atoms with E-state index < -0.39 is 19.8 Å². The van der Waals surface area contributed by atoms with Gasteiger partial charge in [-0.25, -0.2) is 0 Å². The number of hydrogen-bond acceptors (Lipinski definition) is 0. The molecule has 0 N–H and O–H groups in total. The zero-order valence-corrected chi connectivity index (χ0v) is 31.1. The molecule has 0 saturated heterocycles. The van der Waals surface area contributed by atoms with Crippen LogP contribution in [-0.4, -0.2) is 4.21 Å². The van der Waals surface area contributed by atoms with E-state index in [1.54, 1.807) is 12.1 Å². The van der Waals surface area contributed by atoms with Crippen LogP contribution in [0.5, 0.6) is 0 Å². The molecule has 219 valence electrons. The Morgan fingerprint density at radius 2 is 1.27 bits per heavy atom. The van der Waals surface area contributed by atoms with E-state index in [0.717, 1.165) is 6.42 Å². The fraction of sp³-hybridized carbons (Fsp3) is 0.395. The molecular formula is C38H49Cl2Zr. The molecule has 0 fully saturated rings. The summed E-state index contributed by atoms with van der Waals surface area (Å²) < 4.78 is 10.2. The van der Waals surface area contributed by atoms with Gasteiger partial charge in [0.05, 0.1) is 0 Å². The van der Waals surface area contributed by atoms with E-state index in [2.05, 4.69) is 131 Å². The minimum atomic E-state index is -3.64. The number of fused-ring (bicyclic) bond motifs is 3. The molecule has 0 bridgehead atoms. The Labute approximate surface area is 266 Å². The van der Waals surface area contributed by atoms with Gasteiger partial charge in [0, 0.05) is 0 Å². The van der Waals surface area contributed by atoms with Crippen molar-refractivity contribution in [2.24, 2.45) is 5.92 Å². The van der Waals surface area contributed by atoms with Crippen molar-refractivity contribution in [1.29, 1.82) is 0 Å². The Morgan fingerprint density at radius 1 is 0.707 bits per heavy atom. The summed E-state index contributed by atoms with van der Waals surface area (Å²) in [6, 6.07) is 21.8. The zero-order valence-electron chi connectivity index (χ0n) is 27.0. The van der Waals surface area contributed by atoms with Crippen LogP contribution in [-0.2, 0) is 37.0 Å². The van der Waals surface area contributed by atoms with Crippen LogP contribution in [0.3, 0.4) is 0 Å². The number of rotatable bonds is 3. The second-order valence-electron chi connectivity index (χ2n) is 14.4. The molecule has 0 saturated carbocycles. The molecule has 3 aromatic carbocycles. The second-order valence-corrected chi connectivity index (χ2v) is 23.0. The molecule has 0 nitrogen and oxygen atoms in total. The first-order valence-electron chi connectivity index (χ1n) is 14.7. The molecule has 2 unspecified atom stereocenters. The number of halogens is 2. The molecule has 0 aromatic heterocycles. The van der Waals surface area contributed by atoms with Gasteiger partial charge < -0.3 is 0 Å². The molecule has 0 heterocycles. The summed E-state index contributed by atoms with van der Waals surface area (Å²) in [6.07, 6.45) is 1.01. The van der Waals surface area contributed by atoms with Gasteiger partial charge in [-0.15, -0.1) is 24.8 Å². The fourth-order valence-corrected chi connectivity index (χ4v) is 18.1. The monoisotopic (exact) mass is 665 g/mol. The van der Waals surface area contributed by atoms with Gasteiger partial charge in [0.25, 0.3) is 0 Å². The Bertz CT molecular complexity index is 1600. The molecule has 2 aliphatic rings.